The Balaban J connectivity index is 2.62. The van der Waals surface area contributed by atoms with Crippen LogP contribution in [-0.4, -0.2) is 11.8 Å². The third-order valence-electron chi connectivity index (χ3n) is 3.55. The van der Waals surface area contributed by atoms with Crippen molar-refractivity contribution in [2.45, 2.75) is 26.7 Å². The van der Waals surface area contributed by atoms with Gasteiger partial charge in [0.15, 0.2) is 0 Å². The number of carbonyl (C=O) groups is 2. The van der Waals surface area contributed by atoms with E-state index < -0.39 is 0 Å². The van der Waals surface area contributed by atoms with Crippen LogP contribution in [0.4, 0.5) is 0 Å². The SMILES string of the molecule is CCC(=O)NC(=C(NC(=O)CC)c1ccccc1)c1ccccc1. The Labute approximate surface area is 142 Å². The Morgan fingerprint density at radius 2 is 1.00 bits per heavy atom. The van der Waals surface area contributed by atoms with Crippen molar-refractivity contribution in [1.82, 2.24) is 10.6 Å². The monoisotopic (exact) mass is 322 g/mol. The highest BCUT2D eigenvalue weighted by Gasteiger charge is 2.15. The molecule has 2 aromatic carbocycles. The lowest BCUT2D eigenvalue weighted by molar-refractivity contribution is -0.120. The third-order valence-corrected chi connectivity index (χ3v) is 3.55. The molecule has 0 aromatic heterocycles. The minimum Gasteiger partial charge on any atom is -0.324 e. The third kappa shape index (κ3) is 4.56. The smallest absolute Gasteiger partial charge is 0.224 e. The topological polar surface area (TPSA) is 58.2 Å². The summed E-state index contributed by atoms with van der Waals surface area (Å²) in [5.41, 5.74) is 2.90. The molecule has 0 atom stereocenters. The quantitative estimate of drug-likeness (QED) is 0.799. The number of hydrogen-bond donors (Lipinski definition) is 2. The molecule has 0 spiro atoms. The van der Waals surface area contributed by atoms with Crippen molar-refractivity contribution < 1.29 is 9.59 Å². The highest BCUT2D eigenvalue weighted by molar-refractivity contribution is 6.01. The zero-order valence-electron chi connectivity index (χ0n) is 14.0. The van der Waals surface area contributed by atoms with Crippen LogP contribution in [0.15, 0.2) is 60.7 Å². The Kier molecular flexibility index (Phi) is 6.32. The summed E-state index contributed by atoms with van der Waals surface area (Å²) < 4.78 is 0. The predicted octanol–water partition coefficient (Wildman–Crippen LogP) is 3.56. The average molecular weight is 322 g/mol. The molecule has 2 amide bonds. The lowest BCUT2D eigenvalue weighted by Crippen LogP contribution is -2.28. The van der Waals surface area contributed by atoms with E-state index in [1.54, 1.807) is 13.8 Å². The van der Waals surface area contributed by atoms with Gasteiger partial charge in [0.1, 0.15) is 0 Å². The number of carbonyl (C=O) groups excluding carboxylic acids is 2. The molecule has 0 bridgehead atoms. The highest BCUT2D eigenvalue weighted by Crippen LogP contribution is 2.23. The van der Waals surface area contributed by atoms with Gasteiger partial charge in [-0.15, -0.1) is 0 Å². The van der Waals surface area contributed by atoms with E-state index in [2.05, 4.69) is 10.6 Å². The van der Waals surface area contributed by atoms with Crippen molar-refractivity contribution in [3.63, 3.8) is 0 Å². The van der Waals surface area contributed by atoms with Crippen LogP contribution in [0.2, 0.25) is 0 Å². The van der Waals surface area contributed by atoms with Gasteiger partial charge in [0.25, 0.3) is 0 Å². The number of hydrogen-bond acceptors (Lipinski definition) is 2. The molecule has 0 saturated carbocycles. The van der Waals surface area contributed by atoms with Gasteiger partial charge in [-0.25, -0.2) is 0 Å². The summed E-state index contributed by atoms with van der Waals surface area (Å²) in [4.78, 5) is 24.1. The second kappa shape index (κ2) is 8.67. The van der Waals surface area contributed by atoms with Gasteiger partial charge >= 0.3 is 0 Å². The second-order valence-electron chi connectivity index (χ2n) is 5.29. The molecule has 4 nitrogen and oxygen atoms in total. The molecule has 0 aliphatic rings. The molecule has 0 saturated heterocycles. The Morgan fingerprint density at radius 3 is 1.29 bits per heavy atom. The van der Waals surface area contributed by atoms with Gasteiger partial charge in [-0.2, -0.15) is 0 Å². The first-order valence-corrected chi connectivity index (χ1v) is 8.10. The molecule has 0 aliphatic carbocycles. The van der Waals surface area contributed by atoms with Crippen LogP contribution >= 0.6 is 0 Å². The van der Waals surface area contributed by atoms with Crippen LogP contribution < -0.4 is 10.6 Å². The first kappa shape index (κ1) is 17.5. The van der Waals surface area contributed by atoms with Gasteiger partial charge in [0, 0.05) is 24.0 Å². The van der Waals surface area contributed by atoms with E-state index >= 15 is 0 Å². The summed E-state index contributed by atoms with van der Waals surface area (Å²) >= 11 is 0. The molecular formula is C20H22N2O2. The average Bonchev–Trinajstić information content (AvgIpc) is 2.65. The fourth-order valence-electron chi connectivity index (χ4n) is 2.22. The van der Waals surface area contributed by atoms with Gasteiger partial charge < -0.3 is 10.6 Å². The van der Waals surface area contributed by atoms with E-state index in [-0.39, 0.29) is 11.8 Å². The Morgan fingerprint density at radius 1 is 0.667 bits per heavy atom. The van der Waals surface area contributed by atoms with E-state index in [1.807, 2.05) is 60.7 Å². The summed E-state index contributed by atoms with van der Waals surface area (Å²) in [6, 6.07) is 19.1. The minimum atomic E-state index is -0.104. The van der Waals surface area contributed by atoms with Crippen molar-refractivity contribution in [2.24, 2.45) is 0 Å². The number of amides is 2. The first-order valence-electron chi connectivity index (χ1n) is 8.10. The molecule has 2 N–H and O–H groups in total. The van der Waals surface area contributed by atoms with Gasteiger partial charge in [-0.05, 0) is 0 Å². The highest BCUT2D eigenvalue weighted by atomic mass is 16.2. The standard InChI is InChI=1S/C20H22N2O2/c1-3-17(23)21-19(15-11-7-5-8-12-15)20(22-18(24)4-2)16-13-9-6-10-14-16/h5-14H,3-4H2,1-2H3,(H,21,23)(H,22,24). The zero-order chi connectivity index (χ0) is 17.4. The fraction of sp³-hybridized carbons (Fsp3) is 0.200. The summed E-state index contributed by atoms with van der Waals surface area (Å²) in [5, 5.41) is 5.87. The number of nitrogens with one attached hydrogen (secondary N) is 2. The molecule has 0 radical (unpaired) electrons. The molecule has 124 valence electrons. The van der Waals surface area contributed by atoms with Crippen molar-refractivity contribution >= 4 is 23.2 Å². The van der Waals surface area contributed by atoms with E-state index in [0.717, 1.165) is 11.1 Å². The van der Waals surface area contributed by atoms with Crippen molar-refractivity contribution in [1.29, 1.82) is 0 Å². The van der Waals surface area contributed by atoms with Crippen molar-refractivity contribution in [3.8, 4) is 0 Å². The van der Waals surface area contributed by atoms with Crippen LogP contribution in [0.1, 0.15) is 37.8 Å². The minimum absolute atomic E-state index is 0.104. The summed E-state index contributed by atoms with van der Waals surface area (Å²) in [7, 11) is 0. The maximum atomic E-state index is 12.0. The van der Waals surface area contributed by atoms with Crippen molar-refractivity contribution in [2.75, 3.05) is 0 Å². The van der Waals surface area contributed by atoms with E-state index in [1.165, 1.54) is 0 Å². The van der Waals surface area contributed by atoms with E-state index in [4.69, 9.17) is 0 Å². The van der Waals surface area contributed by atoms with Crippen LogP contribution in [0.25, 0.3) is 11.4 Å². The summed E-state index contributed by atoms with van der Waals surface area (Å²) in [6.45, 7) is 3.59. The van der Waals surface area contributed by atoms with Crippen LogP contribution in [-0.2, 0) is 9.59 Å². The van der Waals surface area contributed by atoms with Crippen LogP contribution in [0.5, 0.6) is 0 Å². The molecule has 0 fully saturated rings. The second-order valence-corrected chi connectivity index (χ2v) is 5.29. The Bertz CT molecular complexity index is 658. The molecule has 2 rings (SSSR count). The summed E-state index contributed by atoms with van der Waals surface area (Å²) in [6.07, 6.45) is 0.722. The molecule has 4 heteroatoms. The normalized spacial score (nSPS) is 11.4. The molecule has 0 heterocycles. The number of rotatable bonds is 6. The van der Waals surface area contributed by atoms with Gasteiger partial charge in [0.2, 0.25) is 11.8 Å². The van der Waals surface area contributed by atoms with Gasteiger partial charge in [0.05, 0.1) is 11.4 Å². The zero-order valence-corrected chi connectivity index (χ0v) is 14.0. The molecule has 2 aromatic rings. The van der Waals surface area contributed by atoms with Crippen LogP contribution in [0.3, 0.4) is 0 Å². The molecular weight excluding hydrogens is 300 g/mol. The first-order chi connectivity index (χ1) is 11.7. The number of benzene rings is 2. The maximum Gasteiger partial charge on any atom is 0.224 e. The van der Waals surface area contributed by atoms with Gasteiger partial charge in [-0.1, -0.05) is 74.5 Å². The Hall–Kier alpha value is -2.88. The summed E-state index contributed by atoms with van der Waals surface area (Å²) in [5.74, 6) is -0.207. The molecule has 24 heavy (non-hydrogen) atoms. The maximum absolute atomic E-state index is 12.0. The fourth-order valence-corrected chi connectivity index (χ4v) is 2.22. The molecule has 0 aliphatic heterocycles. The van der Waals surface area contributed by atoms with E-state index in [9.17, 15) is 9.59 Å². The lowest BCUT2D eigenvalue weighted by atomic mass is 10.0. The lowest BCUT2D eigenvalue weighted by Gasteiger charge is -2.18. The van der Waals surface area contributed by atoms with Crippen LogP contribution in [0, 0.1) is 0 Å². The van der Waals surface area contributed by atoms with E-state index in [0.29, 0.717) is 24.2 Å². The predicted molar refractivity (Wildman–Crippen MR) is 96.6 cm³/mol. The largest absolute Gasteiger partial charge is 0.324 e. The van der Waals surface area contributed by atoms with Crippen molar-refractivity contribution in [3.05, 3.63) is 71.8 Å². The molecule has 0 unspecified atom stereocenters. The van der Waals surface area contributed by atoms with Gasteiger partial charge in [-0.3, -0.25) is 9.59 Å².